The molecule has 3 aromatic carbocycles. The van der Waals surface area contributed by atoms with E-state index in [-0.39, 0.29) is 23.7 Å². The second kappa shape index (κ2) is 10.9. The Hall–Kier alpha value is -3.47. The largest absolute Gasteiger partial charge is 0.355 e. The minimum absolute atomic E-state index is 0.0788. The van der Waals surface area contributed by atoms with Crippen molar-refractivity contribution in [1.82, 2.24) is 5.32 Å². The second-order valence-corrected chi connectivity index (χ2v) is 10.0. The van der Waals surface area contributed by atoms with Gasteiger partial charge in [-0.25, -0.2) is 4.39 Å². The molecule has 5 heteroatoms. The van der Waals surface area contributed by atoms with Crippen LogP contribution in [0.4, 0.5) is 15.8 Å². The summed E-state index contributed by atoms with van der Waals surface area (Å²) >= 11 is 0. The molecule has 0 bridgehead atoms. The molecule has 1 atom stereocenters. The number of carbonyl (C=O) groups is 1. The normalized spacial score (nSPS) is 14.9. The van der Waals surface area contributed by atoms with Gasteiger partial charge in [-0.2, -0.15) is 0 Å². The molecule has 0 aliphatic heterocycles. The van der Waals surface area contributed by atoms with Gasteiger partial charge in [0.2, 0.25) is 5.91 Å². The molecule has 0 heterocycles. The van der Waals surface area contributed by atoms with E-state index < -0.39 is 5.41 Å². The summed E-state index contributed by atoms with van der Waals surface area (Å²) in [7, 11) is 0. The molecule has 4 nitrogen and oxygen atoms in total. The fourth-order valence-electron chi connectivity index (χ4n) is 4.96. The van der Waals surface area contributed by atoms with E-state index in [9.17, 15) is 9.18 Å². The van der Waals surface area contributed by atoms with Crippen LogP contribution in [-0.4, -0.2) is 18.2 Å². The number of hydrogen-bond acceptors (Lipinski definition) is 3. The fraction of sp³-hybridized carbons (Fsp3) is 0.333. The lowest BCUT2D eigenvalue weighted by molar-refractivity contribution is -0.131. The SMILES string of the molecule is CC(C)(C(=O)NC1CCCC1)C(Cc1ccccc1)c1ccc(Nc2ccc(F)cc2)c(C=N)c1. The van der Waals surface area contributed by atoms with E-state index >= 15 is 0 Å². The zero-order chi connectivity index (χ0) is 24.8. The van der Waals surface area contributed by atoms with Crippen molar-refractivity contribution < 1.29 is 9.18 Å². The number of rotatable bonds is 9. The van der Waals surface area contributed by atoms with Crippen LogP contribution in [-0.2, 0) is 11.2 Å². The highest BCUT2D eigenvalue weighted by Crippen LogP contribution is 2.40. The highest BCUT2D eigenvalue weighted by atomic mass is 19.1. The van der Waals surface area contributed by atoms with E-state index in [1.807, 2.05) is 50.2 Å². The van der Waals surface area contributed by atoms with Gasteiger partial charge in [0.25, 0.3) is 0 Å². The molecule has 1 fully saturated rings. The Morgan fingerprint density at radius 3 is 2.40 bits per heavy atom. The minimum atomic E-state index is -0.649. The Morgan fingerprint density at radius 2 is 1.74 bits per heavy atom. The number of benzene rings is 3. The first-order valence-electron chi connectivity index (χ1n) is 12.4. The Morgan fingerprint density at radius 1 is 1.06 bits per heavy atom. The maximum atomic E-state index is 13.5. The minimum Gasteiger partial charge on any atom is -0.355 e. The topological polar surface area (TPSA) is 65.0 Å². The van der Waals surface area contributed by atoms with Crippen LogP contribution in [0.5, 0.6) is 0 Å². The van der Waals surface area contributed by atoms with Crippen molar-refractivity contribution in [2.75, 3.05) is 5.32 Å². The summed E-state index contributed by atoms with van der Waals surface area (Å²) in [6.07, 6.45) is 6.47. The summed E-state index contributed by atoms with van der Waals surface area (Å²) in [5.41, 5.74) is 3.77. The number of nitrogens with one attached hydrogen (secondary N) is 3. The van der Waals surface area contributed by atoms with Crippen molar-refractivity contribution in [3.8, 4) is 0 Å². The molecule has 1 amide bonds. The molecule has 1 saturated carbocycles. The first-order valence-corrected chi connectivity index (χ1v) is 12.4. The third-order valence-corrected chi connectivity index (χ3v) is 7.19. The summed E-state index contributed by atoms with van der Waals surface area (Å²) in [4.78, 5) is 13.5. The summed E-state index contributed by atoms with van der Waals surface area (Å²) in [6, 6.07) is 22.6. The lowest BCUT2D eigenvalue weighted by atomic mass is 9.71. The molecule has 3 N–H and O–H groups in total. The molecule has 4 rings (SSSR count). The van der Waals surface area contributed by atoms with Gasteiger partial charge in [-0.05, 0) is 66.8 Å². The van der Waals surface area contributed by atoms with Gasteiger partial charge in [-0.3, -0.25) is 4.79 Å². The van der Waals surface area contributed by atoms with Crippen molar-refractivity contribution in [1.29, 1.82) is 5.41 Å². The Labute approximate surface area is 207 Å². The molecule has 0 spiro atoms. The average Bonchev–Trinajstić information content (AvgIpc) is 3.38. The number of anilines is 2. The Kier molecular flexibility index (Phi) is 7.64. The standard InChI is InChI=1S/C30H34FN3O/c1-30(2,29(35)34-25-10-6-7-11-25)27(18-21-8-4-3-5-9-21)22-12-17-28(23(19-22)20-32)33-26-15-13-24(31)14-16-26/h3-5,8-9,12-17,19-20,25,27,32-33H,6-7,10-11,18H2,1-2H3,(H,34,35). The van der Waals surface area contributed by atoms with Crippen molar-refractivity contribution in [2.24, 2.45) is 5.41 Å². The van der Waals surface area contributed by atoms with Crippen LogP contribution in [0.1, 0.15) is 62.1 Å². The Balaban J connectivity index is 1.65. The van der Waals surface area contributed by atoms with Gasteiger partial charge in [0.05, 0.1) is 5.41 Å². The van der Waals surface area contributed by atoms with Gasteiger partial charge in [0.15, 0.2) is 0 Å². The highest BCUT2D eigenvalue weighted by Gasteiger charge is 2.39. The molecular weight excluding hydrogens is 437 g/mol. The van der Waals surface area contributed by atoms with Crippen molar-refractivity contribution in [3.05, 3.63) is 95.3 Å². The first-order chi connectivity index (χ1) is 16.9. The molecule has 1 aliphatic rings. The first kappa shape index (κ1) is 24.6. The fourth-order valence-corrected chi connectivity index (χ4v) is 4.96. The molecule has 35 heavy (non-hydrogen) atoms. The van der Waals surface area contributed by atoms with Crippen molar-refractivity contribution in [2.45, 2.75) is 57.9 Å². The number of amides is 1. The van der Waals surface area contributed by atoms with E-state index in [1.54, 1.807) is 12.1 Å². The van der Waals surface area contributed by atoms with E-state index in [0.717, 1.165) is 35.3 Å². The summed E-state index contributed by atoms with van der Waals surface area (Å²) in [6.45, 7) is 4.05. The zero-order valence-electron chi connectivity index (χ0n) is 20.5. The maximum Gasteiger partial charge on any atom is 0.226 e. The number of carbonyl (C=O) groups excluding carboxylic acids is 1. The lowest BCUT2D eigenvalue weighted by Gasteiger charge is -2.35. The van der Waals surface area contributed by atoms with Crippen molar-refractivity contribution >= 4 is 23.5 Å². The molecule has 0 radical (unpaired) electrons. The van der Waals surface area contributed by atoms with Crippen LogP contribution in [0.3, 0.4) is 0 Å². The van der Waals surface area contributed by atoms with Crippen LogP contribution < -0.4 is 10.6 Å². The van der Waals surface area contributed by atoms with Gasteiger partial charge in [-0.1, -0.05) is 63.1 Å². The molecular formula is C30H34FN3O. The summed E-state index contributed by atoms with van der Waals surface area (Å²) < 4.78 is 13.3. The number of halogens is 1. The molecule has 3 aromatic rings. The molecule has 1 unspecified atom stereocenters. The van der Waals surface area contributed by atoms with Crippen LogP contribution >= 0.6 is 0 Å². The molecule has 182 valence electrons. The van der Waals surface area contributed by atoms with Crippen molar-refractivity contribution in [3.63, 3.8) is 0 Å². The van der Waals surface area contributed by atoms with E-state index in [1.165, 1.54) is 36.8 Å². The third kappa shape index (κ3) is 5.97. The highest BCUT2D eigenvalue weighted by molar-refractivity contribution is 5.88. The predicted octanol–water partition coefficient (Wildman–Crippen LogP) is 6.98. The van der Waals surface area contributed by atoms with Crippen LogP contribution in [0.2, 0.25) is 0 Å². The Bertz CT molecular complexity index is 1150. The average molecular weight is 472 g/mol. The molecule has 0 saturated heterocycles. The van der Waals surface area contributed by atoms with Crippen LogP contribution in [0, 0.1) is 16.6 Å². The number of hydrogen-bond donors (Lipinski definition) is 3. The maximum absolute atomic E-state index is 13.5. The predicted molar refractivity (Wildman–Crippen MR) is 141 cm³/mol. The van der Waals surface area contributed by atoms with Gasteiger partial charge in [0.1, 0.15) is 5.82 Å². The lowest BCUT2D eigenvalue weighted by Crippen LogP contribution is -2.45. The third-order valence-electron chi connectivity index (χ3n) is 7.19. The van der Waals surface area contributed by atoms with Crippen LogP contribution in [0.15, 0.2) is 72.8 Å². The van der Waals surface area contributed by atoms with E-state index in [0.29, 0.717) is 6.42 Å². The summed E-state index contributed by atoms with van der Waals surface area (Å²) in [5, 5.41) is 14.6. The second-order valence-electron chi connectivity index (χ2n) is 10.0. The summed E-state index contributed by atoms with van der Waals surface area (Å²) in [5.74, 6) is -0.292. The quantitative estimate of drug-likeness (QED) is 0.295. The van der Waals surface area contributed by atoms with Gasteiger partial charge in [-0.15, -0.1) is 0 Å². The van der Waals surface area contributed by atoms with Gasteiger partial charge in [0, 0.05) is 35.1 Å². The smallest absolute Gasteiger partial charge is 0.226 e. The van der Waals surface area contributed by atoms with E-state index in [4.69, 9.17) is 5.41 Å². The monoisotopic (exact) mass is 471 g/mol. The molecule has 0 aromatic heterocycles. The van der Waals surface area contributed by atoms with Crippen LogP contribution in [0.25, 0.3) is 0 Å². The molecule has 1 aliphatic carbocycles. The van der Waals surface area contributed by atoms with Gasteiger partial charge < -0.3 is 16.0 Å². The zero-order valence-corrected chi connectivity index (χ0v) is 20.5. The van der Waals surface area contributed by atoms with E-state index in [2.05, 4.69) is 22.8 Å². The van der Waals surface area contributed by atoms with Gasteiger partial charge >= 0.3 is 0 Å².